The molecule has 0 amide bonds. The number of nitrogens with two attached hydrogens (primary N) is 1. The zero-order valence-corrected chi connectivity index (χ0v) is 12.0. The van der Waals surface area contributed by atoms with E-state index in [1.165, 1.54) is 0 Å². The van der Waals surface area contributed by atoms with E-state index in [1.54, 1.807) is 0 Å². The third-order valence-corrected chi connectivity index (χ3v) is 5.08. The first-order valence-corrected chi connectivity index (χ1v) is 8.37. The van der Waals surface area contributed by atoms with Crippen LogP contribution in [0.1, 0.15) is 19.0 Å². The van der Waals surface area contributed by atoms with Gasteiger partial charge in [0.1, 0.15) is 0 Å². The molecule has 0 unspecified atom stereocenters. The summed E-state index contributed by atoms with van der Waals surface area (Å²) in [5.41, 5.74) is 7.77. The Balaban J connectivity index is 2.29. The van der Waals surface area contributed by atoms with Crippen molar-refractivity contribution in [3.05, 3.63) is 36.0 Å². The number of fused-ring (bicyclic) bond motifs is 1. The Morgan fingerprint density at radius 2 is 1.95 bits per heavy atom. The van der Waals surface area contributed by atoms with Crippen LogP contribution >= 0.6 is 0 Å². The smallest absolute Gasteiger partial charge is 0.152 e. The van der Waals surface area contributed by atoms with Crippen LogP contribution in [0, 0.1) is 0 Å². The Bertz CT molecular complexity index is 659. The zero-order chi connectivity index (χ0) is 13.9. The lowest BCUT2D eigenvalue weighted by atomic mass is 10.2. The lowest BCUT2D eigenvalue weighted by Crippen LogP contribution is -2.17. The van der Waals surface area contributed by atoms with E-state index in [2.05, 4.69) is 0 Å². The van der Waals surface area contributed by atoms with Crippen molar-refractivity contribution < 1.29 is 8.42 Å². The van der Waals surface area contributed by atoms with Crippen molar-refractivity contribution in [2.45, 2.75) is 26.4 Å². The van der Waals surface area contributed by atoms with E-state index in [9.17, 15) is 8.42 Å². The van der Waals surface area contributed by atoms with Gasteiger partial charge in [0.05, 0.1) is 5.75 Å². The number of rotatable bonds is 6. The number of hydrogen-bond donors (Lipinski definition) is 1. The maximum Gasteiger partial charge on any atom is 0.152 e. The Hall–Kier alpha value is -1.33. The van der Waals surface area contributed by atoms with Gasteiger partial charge in [-0.05, 0) is 23.9 Å². The molecule has 0 saturated carbocycles. The van der Waals surface area contributed by atoms with E-state index >= 15 is 0 Å². The molecular formula is C14H20N2O2S. The minimum Gasteiger partial charge on any atom is -0.342 e. The fourth-order valence-electron chi connectivity index (χ4n) is 2.34. The lowest BCUT2D eigenvalue weighted by molar-refractivity contribution is 0.587. The van der Waals surface area contributed by atoms with E-state index < -0.39 is 9.84 Å². The van der Waals surface area contributed by atoms with E-state index in [4.69, 9.17) is 5.73 Å². The van der Waals surface area contributed by atoms with E-state index in [0.29, 0.717) is 19.5 Å². The Kier molecular flexibility index (Phi) is 4.27. The molecule has 0 aliphatic heterocycles. The van der Waals surface area contributed by atoms with Gasteiger partial charge in [0, 0.05) is 30.1 Å². The fourth-order valence-corrected chi connectivity index (χ4v) is 3.63. The van der Waals surface area contributed by atoms with Gasteiger partial charge in [-0.3, -0.25) is 0 Å². The van der Waals surface area contributed by atoms with Gasteiger partial charge >= 0.3 is 0 Å². The van der Waals surface area contributed by atoms with E-state index in [0.717, 1.165) is 16.6 Å². The first-order chi connectivity index (χ1) is 9.07. The van der Waals surface area contributed by atoms with E-state index in [-0.39, 0.29) is 11.5 Å². The summed E-state index contributed by atoms with van der Waals surface area (Å²) in [6.45, 7) is 2.78. The molecule has 2 rings (SSSR count). The van der Waals surface area contributed by atoms with Crippen molar-refractivity contribution in [3.8, 4) is 0 Å². The highest BCUT2D eigenvalue weighted by atomic mass is 32.2. The first kappa shape index (κ1) is 14.1. The molecule has 0 aliphatic carbocycles. The SMILES string of the molecule is CCCS(=O)(=O)CCn1c(CN)cc2ccccc21. The van der Waals surface area contributed by atoms with Gasteiger partial charge in [0.25, 0.3) is 0 Å². The average molecular weight is 280 g/mol. The topological polar surface area (TPSA) is 65.1 Å². The summed E-state index contributed by atoms with van der Waals surface area (Å²) in [5.74, 6) is 0.427. The van der Waals surface area contributed by atoms with Crippen LogP contribution in [-0.2, 0) is 22.9 Å². The number of aromatic nitrogens is 1. The predicted molar refractivity (Wildman–Crippen MR) is 78.8 cm³/mol. The van der Waals surface area contributed by atoms with Crippen LogP contribution in [0.4, 0.5) is 0 Å². The largest absolute Gasteiger partial charge is 0.342 e. The second-order valence-corrected chi connectivity index (χ2v) is 7.01. The van der Waals surface area contributed by atoms with Crippen LogP contribution in [0.5, 0.6) is 0 Å². The number of para-hydroxylation sites is 1. The number of aryl methyl sites for hydroxylation is 1. The van der Waals surface area contributed by atoms with Crippen LogP contribution in [0.15, 0.2) is 30.3 Å². The average Bonchev–Trinajstić information content (AvgIpc) is 2.74. The molecule has 1 aromatic heterocycles. The molecule has 19 heavy (non-hydrogen) atoms. The van der Waals surface area contributed by atoms with Crippen LogP contribution < -0.4 is 5.73 Å². The maximum atomic E-state index is 11.8. The molecule has 2 N–H and O–H groups in total. The number of sulfone groups is 1. The summed E-state index contributed by atoms with van der Waals surface area (Å²) in [6, 6.07) is 9.98. The van der Waals surface area contributed by atoms with Gasteiger partial charge in [-0.1, -0.05) is 25.1 Å². The van der Waals surface area contributed by atoms with Gasteiger partial charge in [-0.15, -0.1) is 0 Å². The monoisotopic (exact) mass is 280 g/mol. The van der Waals surface area contributed by atoms with Crippen molar-refractivity contribution >= 4 is 20.7 Å². The minimum absolute atomic E-state index is 0.173. The normalized spacial score (nSPS) is 12.1. The van der Waals surface area contributed by atoms with Crippen LogP contribution in [-0.4, -0.2) is 24.5 Å². The second-order valence-electron chi connectivity index (χ2n) is 4.70. The van der Waals surface area contributed by atoms with Crippen molar-refractivity contribution in [2.75, 3.05) is 11.5 Å². The molecule has 4 nitrogen and oxygen atoms in total. The van der Waals surface area contributed by atoms with Crippen molar-refractivity contribution in [2.24, 2.45) is 5.73 Å². The fraction of sp³-hybridized carbons (Fsp3) is 0.429. The van der Waals surface area contributed by atoms with Crippen molar-refractivity contribution in [1.29, 1.82) is 0 Å². The third-order valence-electron chi connectivity index (χ3n) is 3.25. The summed E-state index contributed by atoms with van der Waals surface area (Å²) in [5, 5.41) is 1.11. The van der Waals surface area contributed by atoms with Gasteiger partial charge in [-0.25, -0.2) is 8.42 Å². The lowest BCUT2D eigenvalue weighted by Gasteiger charge is -2.10. The first-order valence-electron chi connectivity index (χ1n) is 6.55. The highest BCUT2D eigenvalue weighted by Crippen LogP contribution is 2.19. The Labute approximate surface area is 114 Å². The summed E-state index contributed by atoms with van der Waals surface area (Å²) < 4.78 is 25.7. The molecule has 0 atom stereocenters. The van der Waals surface area contributed by atoms with Gasteiger partial charge in [-0.2, -0.15) is 0 Å². The molecule has 5 heteroatoms. The molecule has 0 bridgehead atoms. The Morgan fingerprint density at radius 1 is 1.21 bits per heavy atom. The number of nitrogens with zero attached hydrogens (tertiary/aromatic N) is 1. The molecule has 0 fully saturated rings. The Morgan fingerprint density at radius 3 is 2.63 bits per heavy atom. The quantitative estimate of drug-likeness (QED) is 0.879. The van der Waals surface area contributed by atoms with Crippen molar-refractivity contribution in [1.82, 2.24) is 4.57 Å². The maximum absolute atomic E-state index is 11.8. The number of benzene rings is 1. The summed E-state index contributed by atoms with van der Waals surface area (Å²) in [7, 11) is -2.96. The van der Waals surface area contributed by atoms with Gasteiger partial charge < -0.3 is 10.3 Å². The zero-order valence-electron chi connectivity index (χ0n) is 11.2. The summed E-state index contributed by atoms with van der Waals surface area (Å²) >= 11 is 0. The summed E-state index contributed by atoms with van der Waals surface area (Å²) in [6.07, 6.45) is 0.665. The highest BCUT2D eigenvalue weighted by molar-refractivity contribution is 7.91. The van der Waals surface area contributed by atoms with E-state index in [1.807, 2.05) is 41.8 Å². The molecule has 0 saturated heterocycles. The molecular weight excluding hydrogens is 260 g/mol. The van der Waals surface area contributed by atoms with Crippen molar-refractivity contribution in [3.63, 3.8) is 0 Å². The van der Waals surface area contributed by atoms with Gasteiger partial charge in [0.15, 0.2) is 9.84 Å². The number of hydrogen-bond acceptors (Lipinski definition) is 3. The van der Waals surface area contributed by atoms with Crippen LogP contribution in [0.3, 0.4) is 0 Å². The highest BCUT2D eigenvalue weighted by Gasteiger charge is 2.12. The molecule has 1 aromatic carbocycles. The second kappa shape index (κ2) is 5.75. The third kappa shape index (κ3) is 3.16. The molecule has 2 aromatic rings. The molecule has 0 radical (unpaired) electrons. The molecule has 0 aliphatic rings. The standard InChI is InChI=1S/C14H20N2O2S/c1-2-8-19(17,18)9-7-16-13(11-15)10-12-5-3-4-6-14(12)16/h3-6,10H,2,7-9,11,15H2,1H3. The summed E-state index contributed by atoms with van der Waals surface area (Å²) in [4.78, 5) is 0. The predicted octanol–water partition coefficient (Wildman–Crippen LogP) is 1.92. The van der Waals surface area contributed by atoms with Crippen LogP contribution in [0.2, 0.25) is 0 Å². The molecule has 0 spiro atoms. The molecule has 1 heterocycles. The minimum atomic E-state index is -2.96. The van der Waals surface area contributed by atoms with Crippen LogP contribution in [0.25, 0.3) is 10.9 Å². The van der Waals surface area contributed by atoms with Gasteiger partial charge in [0.2, 0.25) is 0 Å². The molecule has 104 valence electrons.